The van der Waals surface area contributed by atoms with E-state index in [1.807, 2.05) is 0 Å². The maximum atomic E-state index is 10.3. The van der Waals surface area contributed by atoms with Crippen LogP contribution in [0.5, 0.6) is 0 Å². The van der Waals surface area contributed by atoms with Gasteiger partial charge in [0, 0.05) is 12.5 Å². The maximum absolute atomic E-state index is 10.3. The molecule has 2 N–H and O–H groups in total. The van der Waals surface area contributed by atoms with Gasteiger partial charge in [-0.3, -0.25) is 0 Å². The van der Waals surface area contributed by atoms with Gasteiger partial charge in [-0.25, -0.2) is 0 Å². The fourth-order valence-corrected chi connectivity index (χ4v) is 5.87. The van der Waals surface area contributed by atoms with Crippen molar-refractivity contribution in [3.05, 3.63) is 34.4 Å². The third-order valence-corrected chi connectivity index (χ3v) is 7.32. The molecule has 2 heteroatoms. The van der Waals surface area contributed by atoms with E-state index in [9.17, 15) is 10.2 Å². The summed E-state index contributed by atoms with van der Waals surface area (Å²) in [7, 11) is 0. The number of benzene rings is 1. The summed E-state index contributed by atoms with van der Waals surface area (Å²) < 4.78 is 0. The summed E-state index contributed by atoms with van der Waals surface area (Å²) in [5.41, 5.74) is 5.70. The smallest absolute Gasteiger partial charge is 0.0858 e. The van der Waals surface area contributed by atoms with Crippen molar-refractivity contribution in [2.75, 3.05) is 6.61 Å². The van der Waals surface area contributed by atoms with E-state index < -0.39 is 0 Å². The highest BCUT2D eigenvalue weighted by Crippen LogP contribution is 2.58. The largest absolute Gasteiger partial charge is 0.396 e. The Morgan fingerprint density at radius 2 is 1.95 bits per heavy atom. The molecule has 1 saturated carbocycles. The van der Waals surface area contributed by atoms with Crippen molar-refractivity contribution < 1.29 is 10.2 Å². The van der Waals surface area contributed by atoms with Gasteiger partial charge in [0.15, 0.2) is 0 Å². The predicted octanol–water partition coefficient (Wildman–Crippen LogP) is 3.84. The Morgan fingerprint density at radius 1 is 1.18 bits per heavy atom. The standard InChI is InChI=1S/C20H28O2/c1-12-14-9-13-5-6-17-19(2,11-21)7-4-8-20(17,3)16(13)10-15(14)18(12)22/h9-10,12,17-18,21-22H,4-8,11H2,1-3H3. The van der Waals surface area contributed by atoms with Gasteiger partial charge in [-0.1, -0.05) is 39.3 Å². The van der Waals surface area contributed by atoms with Crippen LogP contribution in [0.25, 0.3) is 0 Å². The Morgan fingerprint density at radius 3 is 2.68 bits per heavy atom. The van der Waals surface area contributed by atoms with Crippen LogP contribution in [-0.2, 0) is 11.8 Å². The number of fused-ring (bicyclic) bond motifs is 4. The Balaban J connectivity index is 1.83. The molecule has 0 saturated heterocycles. The fourth-order valence-electron chi connectivity index (χ4n) is 5.87. The zero-order valence-corrected chi connectivity index (χ0v) is 14.0. The van der Waals surface area contributed by atoms with E-state index in [0.717, 1.165) is 18.4 Å². The van der Waals surface area contributed by atoms with E-state index in [-0.39, 0.29) is 16.9 Å². The van der Waals surface area contributed by atoms with Crippen LogP contribution in [0.2, 0.25) is 0 Å². The highest BCUT2D eigenvalue weighted by atomic mass is 16.3. The molecule has 2 nitrogen and oxygen atoms in total. The van der Waals surface area contributed by atoms with Crippen molar-refractivity contribution in [2.45, 2.75) is 70.3 Å². The van der Waals surface area contributed by atoms with Gasteiger partial charge in [-0.05, 0) is 64.7 Å². The summed E-state index contributed by atoms with van der Waals surface area (Å²) >= 11 is 0. The number of rotatable bonds is 1. The first-order valence-corrected chi connectivity index (χ1v) is 8.87. The van der Waals surface area contributed by atoms with Gasteiger partial charge in [0.25, 0.3) is 0 Å². The molecule has 0 spiro atoms. The van der Waals surface area contributed by atoms with Gasteiger partial charge >= 0.3 is 0 Å². The molecule has 3 aliphatic rings. The fraction of sp³-hybridized carbons (Fsp3) is 0.700. The summed E-state index contributed by atoms with van der Waals surface area (Å²) in [6, 6.07) is 4.68. The lowest BCUT2D eigenvalue weighted by Crippen LogP contribution is -2.50. The number of aliphatic hydroxyl groups is 2. The second kappa shape index (κ2) is 4.58. The van der Waals surface area contributed by atoms with Crippen LogP contribution in [0.4, 0.5) is 0 Å². The van der Waals surface area contributed by atoms with Gasteiger partial charge in [-0.2, -0.15) is 0 Å². The van der Waals surface area contributed by atoms with Crippen LogP contribution in [0.1, 0.15) is 80.7 Å². The molecule has 0 bridgehead atoms. The van der Waals surface area contributed by atoms with Gasteiger partial charge in [0.05, 0.1) is 6.10 Å². The minimum absolute atomic E-state index is 0.0551. The molecular weight excluding hydrogens is 272 g/mol. The minimum atomic E-state index is -0.280. The first-order valence-electron chi connectivity index (χ1n) is 8.87. The summed E-state index contributed by atoms with van der Waals surface area (Å²) in [6.45, 7) is 7.10. The third kappa shape index (κ3) is 1.68. The predicted molar refractivity (Wildman–Crippen MR) is 88.0 cm³/mol. The van der Waals surface area contributed by atoms with E-state index in [1.54, 1.807) is 0 Å². The van der Waals surface area contributed by atoms with Crippen molar-refractivity contribution >= 4 is 0 Å². The Hall–Kier alpha value is -0.860. The molecule has 1 fully saturated rings. The number of hydrogen-bond donors (Lipinski definition) is 2. The van der Waals surface area contributed by atoms with Gasteiger partial charge in [-0.15, -0.1) is 0 Å². The number of aryl methyl sites for hydroxylation is 1. The lowest BCUT2D eigenvalue weighted by Gasteiger charge is -2.55. The van der Waals surface area contributed by atoms with E-state index in [2.05, 4.69) is 32.9 Å². The molecule has 1 aromatic carbocycles. The summed E-state index contributed by atoms with van der Waals surface area (Å²) in [5.74, 6) is 0.846. The van der Waals surface area contributed by atoms with E-state index in [4.69, 9.17) is 0 Å². The second-order valence-electron chi connectivity index (χ2n) is 8.55. The van der Waals surface area contributed by atoms with Crippen molar-refractivity contribution in [1.82, 2.24) is 0 Å². The van der Waals surface area contributed by atoms with Crippen molar-refractivity contribution in [3.8, 4) is 0 Å². The second-order valence-corrected chi connectivity index (χ2v) is 8.55. The van der Waals surface area contributed by atoms with Crippen molar-refractivity contribution in [3.63, 3.8) is 0 Å². The molecule has 5 unspecified atom stereocenters. The Kier molecular flexibility index (Phi) is 3.06. The van der Waals surface area contributed by atoms with Crippen LogP contribution in [0, 0.1) is 11.3 Å². The molecule has 0 radical (unpaired) electrons. The average Bonchev–Trinajstić information content (AvgIpc) is 2.53. The van der Waals surface area contributed by atoms with Crippen LogP contribution < -0.4 is 0 Å². The van der Waals surface area contributed by atoms with Crippen LogP contribution >= 0.6 is 0 Å². The molecule has 4 rings (SSSR count). The normalized spacial score (nSPS) is 42.9. The van der Waals surface area contributed by atoms with Crippen molar-refractivity contribution in [1.29, 1.82) is 0 Å². The van der Waals surface area contributed by atoms with E-state index >= 15 is 0 Å². The topological polar surface area (TPSA) is 40.5 Å². The Bertz CT molecular complexity index is 622. The molecule has 0 aromatic heterocycles. The van der Waals surface area contributed by atoms with Gasteiger partial charge in [0.1, 0.15) is 0 Å². The molecule has 22 heavy (non-hydrogen) atoms. The highest BCUT2D eigenvalue weighted by Gasteiger charge is 2.52. The molecule has 120 valence electrons. The molecule has 1 aromatic rings. The van der Waals surface area contributed by atoms with Gasteiger partial charge in [0.2, 0.25) is 0 Å². The monoisotopic (exact) mass is 300 g/mol. The summed E-state index contributed by atoms with van der Waals surface area (Å²) in [5, 5.41) is 20.3. The third-order valence-electron chi connectivity index (χ3n) is 7.32. The zero-order chi connectivity index (χ0) is 15.7. The maximum Gasteiger partial charge on any atom is 0.0858 e. The Labute approximate surface area is 133 Å². The number of aliphatic hydroxyl groups excluding tert-OH is 2. The molecule has 0 amide bonds. The number of hydrogen-bond acceptors (Lipinski definition) is 2. The molecular formula is C20H28O2. The van der Waals surface area contributed by atoms with Crippen LogP contribution in [0.3, 0.4) is 0 Å². The molecule has 0 heterocycles. The molecule has 3 aliphatic carbocycles. The first kappa shape index (κ1) is 14.7. The van der Waals surface area contributed by atoms with Crippen LogP contribution in [-0.4, -0.2) is 16.8 Å². The summed E-state index contributed by atoms with van der Waals surface area (Å²) in [6.07, 6.45) is 5.59. The lowest BCUT2D eigenvalue weighted by molar-refractivity contribution is -0.0181. The summed E-state index contributed by atoms with van der Waals surface area (Å²) in [4.78, 5) is 0. The molecule has 0 aliphatic heterocycles. The minimum Gasteiger partial charge on any atom is -0.396 e. The van der Waals surface area contributed by atoms with Gasteiger partial charge < -0.3 is 10.2 Å². The quantitative estimate of drug-likeness (QED) is 0.827. The average molecular weight is 300 g/mol. The highest BCUT2D eigenvalue weighted by molar-refractivity contribution is 5.52. The van der Waals surface area contributed by atoms with E-state index in [0.29, 0.717) is 18.4 Å². The molecule has 5 atom stereocenters. The first-order chi connectivity index (χ1) is 10.4. The van der Waals surface area contributed by atoms with Crippen LogP contribution in [0.15, 0.2) is 12.1 Å². The zero-order valence-electron chi connectivity index (χ0n) is 14.0. The van der Waals surface area contributed by atoms with E-state index in [1.165, 1.54) is 36.0 Å². The van der Waals surface area contributed by atoms with Crippen molar-refractivity contribution in [2.24, 2.45) is 11.3 Å². The SMILES string of the molecule is CC1c2cc3c(cc2C1O)C1(C)CCCC(C)(CO)C1CC3. The lowest BCUT2D eigenvalue weighted by atomic mass is 9.49.